The monoisotopic (exact) mass is 457 g/mol. The summed E-state index contributed by atoms with van der Waals surface area (Å²) in [5.74, 6) is -0.267. The molecule has 1 aliphatic heterocycles. The third-order valence-corrected chi connectivity index (χ3v) is 7.19. The van der Waals surface area contributed by atoms with Crippen LogP contribution in [0.2, 0.25) is 0 Å². The fourth-order valence-electron chi connectivity index (χ4n) is 4.45. The quantitative estimate of drug-likeness (QED) is 0.627. The Morgan fingerprint density at radius 3 is 2.70 bits per heavy atom. The van der Waals surface area contributed by atoms with E-state index in [2.05, 4.69) is 16.7 Å². The summed E-state index contributed by atoms with van der Waals surface area (Å²) in [6, 6.07) is 16.2. The number of carbonyl (C=O) groups is 2. The van der Waals surface area contributed by atoms with Gasteiger partial charge in [0.2, 0.25) is 5.91 Å². The van der Waals surface area contributed by atoms with Crippen molar-refractivity contribution in [3.8, 4) is 6.07 Å². The molecular weight excluding hydrogens is 430 g/mol. The lowest BCUT2D eigenvalue weighted by molar-refractivity contribution is -0.116. The number of anilines is 1. The molecule has 2 aliphatic rings. The molecule has 33 heavy (non-hydrogen) atoms. The van der Waals surface area contributed by atoms with E-state index in [1.54, 1.807) is 0 Å². The summed E-state index contributed by atoms with van der Waals surface area (Å²) < 4.78 is 0. The largest absolute Gasteiger partial charge is 0.352 e. The highest BCUT2D eigenvalue weighted by atomic mass is 32.2. The first-order valence-corrected chi connectivity index (χ1v) is 12.1. The Labute approximate surface area is 199 Å². The summed E-state index contributed by atoms with van der Waals surface area (Å²) in [6.07, 6.45) is 2.06. The van der Waals surface area contributed by atoms with Crippen LogP contribution in [0.25, 0.3) is 0 Å². The first-order chi connectivity index (χ1) is 15.9. The summed E-state index contributed by atoms with van der Waals surface area (Å²) in [5.41, 5.74) is 6.98. The average Bonchev–Trinajstić information content (AvgIpc) is 2.79. The number of ketones is 1. The summed E-state index contributed by atoms with van der Waals surface area (Å²) in [7, 11) is 0. The Balaban J connectivity index is 1.63. The van der Waals surface area contributed by atoms with Crippen molar-refractivity contribution in [3.63, 3.8) is 0 Å². The lowest BCUT2D eigenvalue weighted by Crippen LogP contribution is -2.32. The zero-order valence-electron chi connectivity index (χ0n) is 19.1. The maximum atomic E-state index is 12.9. The van der Waals surface area contributed by atoms with Crippen LogP contribution < -0.4 is 10.6 Å². The molecule has 0 saturated carbocycles. The number of nitrogens with one attached hydrogen (secondary N) is 2. The molecule has 0 unspecified atom stereocenters. The minimum atomic E-state index is -0.398. The molecule has 4 rings (SSSR count). The molecule has 0 bridgehead atoms. The smallest absolute Gasteiger partial charge is 0.234 e. The van der Waals surface area contributed by atoms with E-state index in [0.717, 1.165) is 46.5 Å². The zero-order valence-corrected chi connectivity index (χ0v) is 19.9. The molecule has 1 heterocycles. The fourth-order valence-corrected chi connectivity index (χ4v) is 5.32. The van der Waals surface area contributed by atoms with Gasteiger partial charge in [-0.3, -0.25) is 9.59 Å². The van der Waals surface area contributed by atoms with Gasteiger partial charge in [0.15, 0.2) is 5.78 Å². The number of dihydropyridines is 1. The number of aryl methyl sites for hydroxylation is 3. The van der Waals surface area contributed by atoms with Crippen LogP contribution in [0, 0.1) is 32.1 Å². The number of allylic oxidation sites excluding steroid dienone is 3. The van der Waals surface area contributed by atoms with Gasteiger partial charge < -0.3 is 10.6 Å². The molecule has 2 aromatic rings. The molecule has 0 fully saturated rings. The Morgan fingerprint density at radius 1 is 1.15 bits per heavy atom. The number of thioether (sulfide) groups is 1. The first kappa shape index (κ1) is 22.9. The van der Waals surface area contributed by atoms with Crippen LogP contribution >= 0.6 is 11.8 Å². The number of nitrogens with zero attached hydrogens (tertiary/aromatic N) is 1. The topological polar surface area (TPSA) is 82.0 Å². The highest BCUT2D eigenvalue weighted by Gasteiger charge is 2.37. The van der Waals surface area contributed by atoms with Crippen molar-refractivity contribution < 1.29 is 9.59 Å². The number of Topliss-reactive ketones (excluding diaryl/α,β-unsaturated/α-hetero) is 1. The molecule has 1 aliphatic carbocycles. The van der Waals surface area contributed by atoms with E-state index < -0.39 is 5.92 Å². The number of nitriles is 1. The molecule has 0 spiro atoms. The minimum Gasteiger partial charge on any atom is -0.352 e. The second-order valence-corrected chi connectivity index (χ2v) is 9.58. The molecule has 2 N–H and O–H groups in total. The molecule has 2 aromatic carbocycles. The third-order valence-electron chi connectivity index (χ3n) is 6.18. The van der Waals surface area contributed by atoms with Gasteiger partial charge in [0.1, 0.15) is 0 Å². The maximum absolute atomic E-state index is 12.9. The van der Waals surface area contributed by atoms with Crippen LogP contribution in [0.1, 0.15) is 47.4 Å². The lowest BCUT2D eigenvalue weighted by Gasteiger charge is -2.33. The van der Waals surface area contributed by atoms with E-state index in [-0.39, 0.29) is 17.4 Å². The van der Waals surface area contributed by atoms with Gasteiger partial charge >= 0.3 is 0 Å². The predicted octanol–water partition coefficient (Wildman–Crippen LogP) is 5.41. The first-order valence-electron chi connectivity index (χ1n) is 11.1. The second kappa shape index (κ2) is 9.68. The SMILES string of the molecule is Cc1ccc(C)c(NC(=O)CSC2=C(C#N)[C@H](c3ccccc3C)C3=C(CCCC3=O)N2)c1. The van der Waals surface area contributed by atoms with Crippen LogP contribution in [-0.4, -0.2) is 17.4 Å². The summed E-state index contributed by atoms with van der Waals surface area (Å²) in [5, 5.41) is 17.1. The molecule has 0 saturated heterocycles. The van der Waals surface area contributed by atoms with E-state index in [1.807, 2.05) is 63.2 Å². The number of hydrogen-bond acceptors (Lipinski definition) is 5. The Morgan fingerprint density at radius 2 is 1.94 bits per heavy atom. The van der Waals surface area contributed by atoms with Crippen LogP contribution in [0.15, 0.2) is 64.3 Å². The van der Waals surface area contributed by atoms with E-state index >= 15 is 0 Å². The number of rotatable bonds is 5. The molecule has 168 valence electrons. The van der Waals surface area contributed by atoms with Crippen molar-refractivity contribution in [1.29, 1.82) is 5.26 Å². The minimum absolute atomic E-state index is 0.0986. The van der Waals surface area contributed by atoms with Crippen molar-refractivity contribution >= 4 is 29.1 Å². The normalized spacial score (nSPS) is 17.9. The Hall–Kier alpha value is -3.30. The van der Waals surface area contributed by atoms with Gasteiger partial charge in [0.05, 0.1) is 28.3 Å². The van der Waals surface area contributed by atoms with Crippen molar-refractivity contribution in [2.75, 3.05) is 11.1 Å². The Kier molecular flexibility index (Phi) is 6.71. The number of benzene rings is 2. The average molecular weight is 458 g/mol. The molecule has 1 amide bonds. The standard InChI is InChI=1S/C27H27N3O2S/c1-16-11-12-18(3)22(13-16)29-24(32)15-33-27-20(14-28)25(19-8-5-4-7-17(19)2)26-21(30-27)9-6-10-23(26)31/h4-5,7-8,11-13,25,30H,6,9-10,15H2,1-3H3,(H,29,32)/t25-/m0/s1. The van der Waals surface area contributed by atoms with Crippen molar-refractivity contribution in [2.45, 2.75) is 46.0 Å². The molecular formula is C27H27N3O2S. The molecule has 1 atom stereocenters. The number of hydrogen-bond donors (Lipinski definition) is 2. The van der Waals surface area contributed by atoms with Gasteiger partial charge in [-0.15, -0.1) is 0 Å². The van der Waals surface area contributed by atoms with Gasteiger partial charge in [0, 0.05) is 23.4 Å². The van der Waals surface area contributed by atoms with E-state index in [0.29, 0.717) is 22.6 Å². The van der Waals surface area contributed by atoms with Gasteiger partial charge in [-0.05, 0) is 61.9 Å². The summed E-state index contributed by atoms with van der Waals surface area (Å²) in [4.78, 5) is 25.6. The third kappa shape index (κ3) is 4.74. The molecule has 0 radical (unpaired) electrons. The number of amides is 1. The highest BCUT2D eigenvalue weighted by Crippen LogP contribution is 2.44. The van der Waals surface area contributed by atoms with Crippen molar-refractivity contribution in [1.82, 2.24) is 5.32 Å². The number of carbonyl (C=O) groups excluding carboxylic acids is 2. The van der Waals surface area contributed by atoms with E-state index in [1.165, 1.54) is 11.8 Å². The van der Waals surface area contributed by atoms with Gasteiger partial charge in [-0.1, -0.05) is 48.2 Å². The van der Waals surface area contributed by atoms with E-state index in [4.69, 9.17) is 0 Å². The van der Waals surface area contributed by atoms with Crippen LogP contribution in [-0.2, 0) is 9.59 Å². The lowest BCUT2D eigenvalue weighted by atomic mass is 9.76. The van der Waals surface area contributed by atoms with Gasteiger partial charge in [-0.2, -0.15) is 5.26 Å². The molecule has 5 nitrogen and oxygen atoms in total. The fraction of sp³-hybridized carbons (Fsp3) is 0.296. The van der Waals surface area contributed by atoms with E-state index in [9.17, 15) is 14.9 Å². The van der Waals surface area contributed by atoms with Crippen LogP contribution in [0.5, 0.6) is 0 Å². The second-order valence-electron chi connectivity index (χ2n) is 8.59. The van der Waals surface area contributed by atoms with Gasteiger partial charge in [0.25, 0.3) is 0 Å². The molecule has 0 aromatic heterocycles. The Bertz CT molecular complexity index is 1240. The van der Waals surface area contributed by atoms with Gasteiger partial charge in [-0.25, -0.2) is 0 Å². The van der Waals surface area contributed by atoms with Crippen molar-refractivity contribution in [2.24, 2.45) is 0 Å². The molecule has 6 heteroatoms. The van der Waals surface area contributed by atoms with Crippen LogP contribution in [0.4, 0.5) is 5.69 Å². The van der Waals surface area contributed by atoms with Crippen molar-refractivity contribution in [3.05, 3.63) is 86.6 Å². The predicted molar refractivity (Wildman–Crippen MR) is 133 cm³/mol. The maximum Gasteiger partial charge on any atom is 0.234 e. The highest BCUT2D eigenvalue weighted by molar-refractivity contribution is 8.03. The van der Waals surface area contributed by atoms with Crippen LogP contribution in [0.3, 0.4) is 0 Å². The summed E-state index contributed by atoms with van der Waals surface area (Å²) in [6.45, 7) is 5.95. The summed E-state index contributed by atoms with van der Waals surface area (Å²) >= 11 is 1.32. The zero-order chi connectivity index (χ0) is 23.5.